The standard InChI is InChI=1S/C20H21N2O6/c1-21-7-6-13-9-17-19(28-11-27-17)20(26-2)18(13)15(21)10-16(23)12-4-3-5-14(8-12)22(24)25/h3-5,8-9,15,24H,6-7,10-11H2,1-2H3/q-1/t15-/m0/s1. The van der Waals surface area contributed by atoms with Crippen LogP contribution in [0.2, 0.25) is 0 Å². The fourth-order valence-corrected chi connectivity index (χ4v) is 3.87. The van der Waals surface area contributed by atoms with Crippen molar-refractivity contribution in [3.05, 3.63) is 52.2 Å². The average molecular weight is 385 g/mol. The minimum atomic E-state index is -0.248. The highest BCUT2D eigenvalue weighted by atomic mass is 16.8. The zero-order valence-corrected chi connectivity index (χ0v) is 15.7. The Kier molecular flexibility index (Phi) is 4.84. The lowest BCUT2D eigenvalue weighted by molar-refractivity contribution is 0.0925. The lowest BCUT2D eigenvalue weighted by atomic mass is 9.87. The summed E-state index contributed by atoms with van der Waals surface area (Å²) in [4.78, 5) is 15.1. The van der Waals surface area contributed by atoms with Crippen LogP contribution < -0.4 is 19.4 Å². The number of rotatable bonds is 5. The maximum absolute atomic E-state index is 13.0. The van der Waals surface area contributed by atoms with Gasteiger partial charge in [0, 0.05) is 30.1 Å². The van der Waals surface area contributed by atoms with Gasteiger partial charge in [0.05, 0.1) is 12.8 Å². The molecule has 0 fully saturated rings. The molecule has 0 radical (unpaired) electrons. The van der Waals surface area contributed by atoms with E-state index < -0.39 is 0 Å². The Hall–Kier alpha value is -2.81. The maximum atomic E-state index is 13.0. The van der Waals surface area contributed by atoms with E-state index in [-0.39, 0.29) is 36.0 Å². The van der Waals surface area contributed by atoms with Crippen LogP contribution in [-0.2, 0) is 6.42 Å². The molecular formula is C20H21N2O6-. The van der Waals surface area contributed by atoms with Crippen LogP contribution in [0.5, 0.6) is 17.2 Å². The Bertz CT molecular complexity index is 914. The molecule has 28 heavy (non-hydrogen) atoms. The quantitative estimate of drug-likeness (QED) is 0.620. The third-order valence-corrected chi connectivity index (χ3v) is 5.31. The zero-order valence-electron chi connectivity index (χ0n) is 15.7. The molecule has 0 aromatic heterocycles. The van der Waals surface area contributed by atoms with Crippen molar-refractivity contribution < 1.29 is 24.2 Å². The molecule has 4 rings (SSSR count). The summed E-state index contributed by atoms with van der Waals surface area (Å²) in [6, 6.07) is 7.79. The van der Waals surface area contributed by atoms with E-state index >= 15 is 0 Å². The number of hydrogen-bond donors (Lipinski definition) is 1. The monoisotopic (exact) mass is 385 g/mol. The summed E-state index contributed by atoms with van der Waals surface area (Å²) in [6.07, 6.45) is 1.02. The number of ketones is 1. The van der Waals surface area contributed by atoms with Crippen molar-refractivity contribution in [2.75, 3.05) is 32.7 Å². The molecule has 8 nitrogen and oxygen atoms in total. The topological polar surface area (TPSA) is 94.5 Å². The third kappa shape index (κ3) is 3.15. The first-order chi connectivity index (χ1) is 13.5. The highest BCUT2D eigenvalue weighted by Gasteiger charge is 2.35. The number of likely N-dealkylation sites (N-methyl/N-ethyl adjacent to an activating group) is 1. The second-order valence-corrected chi connectivity index (χ2v) is 6.91. The van der Waals surface area contributed by atoms with Crippen molar-refractivity contribution in [1.82, 2.24) is 4.90 Å². The van der Waals surface area contributed by atoms with Crippen molar-refractivity contribution >= 4 is 11.5 Å². The van der Waals surface area contributed by atoms with Gasteiger partial charge in [-0.05, 0) is 37.2 Å². The molecule has 8 heteroatoms. The normalized spacial score (nSPS) is 17.9. The van der Waals surface area contributed by atoms with Crippen LogP contribution in [0.3, 0.4) is 0 Å². The summed E-state index contributed by atoms with van der Waals surface area (Å²) in [6.45, 7) is 0.937. The third-order valence-electron chi connectivity index (χ3n) is 5.31. The van der Waals surface area contributed by atoms with E-state index in [0.29, 0.717) is 22.8 Å². The summed E-state index contributed by atoms with van der Waals surface area (Å²) in [5, 5.41) is 20.0. The Morgan fingerprint density at radius 3 is 2.96 bits per heavy atom. The van der Waals surface area contributed by atoms with Gasteiger partial charge >= 0.3 is 0 Å². The Morgan fingerprint density at radius 1 is 1.39 bits per heavy atom. The Labute approximate surface area is 162 Å². The maximum Gasteiger partial charge on any atom is 0.231 e. The van der Waals surface area contributed by atoms with Gasteiger partial charge in [0.1, 0.15) is 0 Å². The molecule has 0 saturated heterocycles. The Balaban J connectivity index is 1.70. The van der Waals surface area contributed by atoms with Gasteiger partial charge in [0.25, 0.3) is 0 Å². The predicted octanol–water partition coefficient (Wildman–Crippen LogP) is 2.92. The lowest BCUT2D eigenvalue weighted by Gasteiger charge is -2.35. The van der Waals surface area contributed by atoms with E-state index in [9.17, 15) is 10.0 Å². The van der Waals surface area contributed by atoms with E-state index in [1.807, 2.05) is 13.1 Å². The first-order valence-electron chi connectivity index (χ1n) is 8.98. The lowest BCUT2D eigenvalue weighted by Crippen LogP contribution is -2.34. The van der Waals surface area contributed by atoms with Gasteiger partial charge in [-0.2, -0.15) is 0 Å². The second kappa shape index (κ2) is 7.31. The molecule has 2 aromatic carbocycles. The van der Waals surface area contributed by atoms with Crippen molar-refractivity contribution in [1.29, 1.82) is 0 Å². The minimum Gasteiger partial charge on any atom is -0.733 e. The number of Topliss-reactive ketones (excluding diaryl/α,β-unsaturated/α-hetero) is 1. The average Bonchev–Trinajstić information content (AvgIpc) is 3.16. The molecular weight excluding hydrogens is 364 g/mol. The van der Waals surface area contributed by atoms with Crippen LogP contribution in [-0.4, -0.2) is 43.4 Å². The second-order valence-electron chi connectivity index (χ2n) is 6.91. The molecule has 2 aromatic rings. The molecule has 2 heterocycles. The first-order valence-corrected chi connectivity index (χ1v) is 8.98. The molecule has 0 saturated carbocycles. The number of anilines is 1. The van der Waals surface area contributed by atoms with Crippen LogP contribution in [0.25, 0.3) is 0 Å². The SMILES string of the molecule is COc1c2c(cc3c1[C@H](CC(=O)c1cccc(N([O-])O)c1)N(C)CC3)OCO2. The van der Waals surface area contributed by atoms with Gasteiger partial charge in [-0.15, -0.1) is 0 Å². The smallest absolute Gasteiger partial charge is 0.231 e. The fourth-order valence-electron chi connectivity index (χ4n) is 3.87. The molecule has 1 atom stereocenters. The van der Waals surface area contributed by atoms with Crippen LogP contribution >= 0.6 is 0 Å². The summed E-state index contributed by atoms with van der Waals surface area (Å²) in [5.74, 6) is 1.70. The van der Waals surface area contributed by atoms with Gasteiger partial charge in [0.2, 0.25) is 12.5 Å². The van der Waals surface area contributed by atoms with Crippen LogP contribution in [0, 0.1) is 5.21 Å². The van der Waals surface area contributed by atoms with Gasteiger partial charge in [-0.1, -0.05) is 12.1 Å². The van der Waals surface area contributed by atoms with Crippen molar-refractivity contribution in [3.63, 3.8) is 0 Å². The van der Waals surface area contributed by atoms with Gasteiger partial charge in [0.15, 0.2) is 17.3 Å². The molecule has 0 spiro atoms. The predicted molar refractivity (Wildman–Crippen MR) is 101 cm³/mol. The molecule has 2 aliphatic rings. The van der Waals surface area contributed by atoms with E-state index in [4.69, 9.17) is 19.4 Å². The summed E-state index contributed by atoms with van der Waals surface area (Å²) < 4.78 is 16.7. The molecule has 0 aliphatic carbocycles. The first kappa shape index (κ1) is 18.5. The molecule has 148 valence electrons. The van der Waals surface area contributed by atoms with Crippen molar-refractivity contribution in [3.8, 4) is 17.2 Å². The van der Waals surface area contributed by atoms with Crippen LogP contribution in [0.15, 0.2) is 30.3 Å². The van der Waals surface area contributed by atoms with Crippen molar-refractivity contribution in [2.45, 2.75) is 18.9 Å². The zero-order chi connectivity index (χ0) is 19.8. The molecule has 0 amide bonds. The fraction of sp³-hybridized carbons (Fsp3) is 0.350. The molecule has 1 N–H and O–H groups in total. The number of carbonyl (C=O) groups excluding carboxylic acids is 1. The molecule has 2 aliphatic heterocycles. The number of nitrogens with zero attached hydrogens (tertiary/aromatic N) is 2. The highest BCUT2D eigenvalue weighted by molar-refractivity contribution is 5.97. The van der Waals surface area contributed by atoms with Gasteiger partial charge < -0.3 is 24.6 Å². The number of ether oxygens (including phenoxy) is 3. The molecule has 0 bridgehead atoms. The Morgan fingerprint density at radius 2 is 2.21 bits per heavy atom. The van der Waals surface area contributed by atoms with E-state index in [0.717, 1.165) is 24.1 Å². The molecule has 0 unspecified atom stereocenters. The number of fused-ring (bicyclic) bond motifs is 2. The van der Waals surface area contributed by atoms with Gasteiger partial charge in [-0.25, -0.2) is 0 Å². The van der Waals surface area contributed by atoms with Crippen LogP contribution in [0.1, 0.15) is 33.9 Å². The van der Waals surface area contributed by atoms with Crippen LogP contribution in [0.4, 0.5) is 5.69 Å². The number of hydrogen-bond acceptors (Lipinski definition) is 8. The number of methoxy groups -OCH3 is 1. The summed E-state index contributed by atoms with van der Waals surface area (Å²) >= 11 is 0. The highest BCUT2D eigenvalue weighted by Crippen LogP contribution is 2.50. The summed E-state index contributed by atoms with van der Waals surface area (Å²) in [7, 11) is 3.55. The number of benzene rings is 2. The largest absolute Gasteiger partial charge is 0.733 e. The number of carbonyl (C=O) groups is 1. The van der Waals surface area contributed by atoms with Crippen molar-refractivity contribution in [2.24, 2.45) is 0 Å². The van der Waals surface area contributed by atoms with E-state index in [2.05, 4.69) is 4.90 Å². The van der Waals surface area contributed by atoms with Gasteiger partial charge in [-0.3, -0.25) is 14.9 Å². The summed E-state index contributed by atoms with van der Waals surface area (Å²) in [5.41, 5.74) is 2.39. The van der Waals surface area contributed by atoms with E-state index in [1.54, 1.807) is 19.2 Å². The van der Waals surface area contributed by atoms with E-state index in [1.165, 1.54) is 12.1 Å². The minimum absolute atomic E-state index is 0.0178.